The van der Waals surface area contributed by atoms with E-state index >= 15 is 0 Å². The van der Waals surface area contributed by atoms with Crippen LogP contribution in [0, 0.1) is 0 Å². The van der Waals surface area contributed by atoms with Gasteiger partial charge in [-0.3, -0.25) is 9.59 Å². The zero-order valence-electron chi connectivity index (χ0n) is 18.9. The summed E-state index contributed by atoms with van der Waals surface area (Å²) in [5.41, 5.74) is 1.88. The van der Waals surface area contributed by atoms with Gasteiger partial charge in [0.25, 0.3) is 5.91 Å². The molecule has 172 valence electrons. The van der Waals surface area contributed by atoms with E-state index in [0.29, 0.717) is 17.8 Å². The van der Waals surface area contributed by atoms with Crippen molar-refractivity contribution in [3.8, 4) is 0 Å². The van der Waals surface area contributed by atoms with E-state index in [1.54, 1.807) is 25.1 Å². The maximum Gasteiger partial charge on any atom is 0.255 e. The first kappa shape index (κ1) is 23.9. The molecule has 2 amide bonds. The lowest BCUT2D eigenvalue weighted by Crippen LogP contribution is -2.38. The van der Waals surface area contributed by atoms with Gasteiger partial charge in [-0.05, 0) is 54.8 Å². The predicted octanol–water partition coefficient (Wildman–Crippen LogP) is 3.87. The van der Waals surface area contributed by atoms with E-state index < -0.39 is 10.0 Å². The summed E-state index contributed by atoms with van der Waals surface area (Å²) < 4.78 is 27.4. The molecule has 0 saturated heterocycles. The average molecular weight is 458 g/mol. The highest BCUT2D eigenvalue weighted by molar-refractivity contribution is 7.89. The first-order valence-corrected chi connectivity index (χ1v) is 12.3. The fraction of sp³-hybridized carbons (Fsp3) is 0.417. The summed E-state index contributed by atoms with van der Waals surface area (Å²) in [5, 5.41) is 2.83. The number of hydrogen-bond donors (Lipinski definition) is 1. The molecule has 0 atom stereocenters. The van der Waals surface area contributed by atoms with Crippen LogP contribution in [-0.4, -0.2) is 49.6 Å². The van der Waals surface area contributed by atoms with Gasteiger partial charge in [0, 0.05) is 44.9 Å². The Morgan fingerprint density at radius 2 is 1.66 bits per heavy atom. The summed E-state index contributed by atoms with van der Waals surface area (Å²) in [6.07, 6.45) is 5.03. The fourth-order valence-corrected chi connectivity index (χ4v) is 5.34. The normalized spacial score (nSPS) is 14.9. The van der Waals surface area contributed by atoms with Gasteiger partial charge in [-0.2, -0.15) is 4.31 Å². The summed E-state index contributed by atoms with van der Waals surface area (Å²) in [6, 6.07) is 13.4. The van der Waals surface area contributed by atoms with E-state index in [-0.39, 0.29) is 22.8 Å². The van der Waals surface area contributed by atoms with Crippen molar-refractivity contribution in [2.45, 2.75) is 56.5 Å². The lowest BCUT2D eigenvalue weighted by molar-refractivity contribution is -0.128. The zero-order chi connectivity index (χ0) is 23.3. The highest BCUT2D eigenvalue weighted by Gasteiger charge is 2.29. The molecule has 0 unspecified atom stereocenters. The monoisotopic (exact) mass is 457 g/mol. The average Bonchev–Trinajstić information content (AvgIpc) is 2.79. The number of amides is 2. The minimum atomic E-state index is -3.59. The van der Waals surface area contributed by atoms with Crippen LogP contribution in [0.15, 0.2) is 53.4 Å². The van der Waals surface area contributed by atoms with Crippen molar-refractivity contribution in [2.75, 3.05) is 19.4 Å². The quantitative estimate of drug-likeness (QED) is 0.684. The van der Waals surface area contributed by atoms with Crippen LogP contribution in [0.5, 0.6) is 0 Å². The Labute approximate surface area is 190 Å². The smallest absolute Gasteiger partial charge is 0.255 e. The highest BCUT2D eigenvalue weighted by Crippen LogP contribution is 2.26. The van der Waals surface area contributed by atoms with E-state index in [2.05, 4.69) is 5.32 Å². The molecule has 0 radical (unpaired) electrons. The van der Waals surface area contributed by atoms with Crippen molar-refractivity contribution < 1.29 is 18.0 Å². The van der Waals surface area contributed by atoms with Crippen LogP contribution in [0.2, 0.25) is 0 Å². The highest BCUT2D eigenvalue weighted by atomic mass is 32.2. The van der Waals surface area contributed by atoms with Crippen molar-refractivity contribution in [3.63, 3.8) is 0 Å². The van der Waals surface area contributed by atoms with Crippen LogP contribution < -0.4 is 5.32 Å². The molecule has 2 aromatic carbocycles. The molecule has 0 heterocycles. The third-order valence-corrected chi connectivity index (χ3v) is 7.95. The molecule has 1 saturated carbocycles. The lowest BCUT2D eigenvalue weighted by atomic mass is 9.96. The molecule has 0 aromatic heterocycles. The van der Waals surface area contributed by atoms with E-state index in [0.717, 1.165) is 37.7 Å². The summed E-state index contributed by atoms with van der Waals surface area (Å²) in [7, 11) is -0.236. The van der Waals surface area contributed by atoms with Gasteiger partial charge < -0.3 is 10.2 Å². The minimum Gasteiger partial charge on any atom is -0.342 e. The second-order valence-corrected chi connectivity index (χ2v) is 10.4. The summed E-state index contributed by atoms with van der Waals surface area (Å²) >= 11 is 0. The van der Waals surface area contributed by atoms with E-state index in [9.17, 15) is 18.0 Å². The summed E-state index contributed by atoms with van der Waals surface area (Å²) in [6.45, 7) is 1.95. The second kappa shape index (κ2) is 10.3. The SMILES string of the molecule is CC(=O)N(C)Cc1cccc(NC(=O)c2ccc(S(=O)(=O)N(C)C3CCCCC3)cc2)c1. The molecule has 0 spiro atoms. The number of carbonyl (C=O) groups is 2. The standard InChI is InChI=1S/C24H31N3O4S/c1-18(28)26(2)17-19-8-7-9-21(16-19)25-24(29)20-12-14-23(15-13-20)32(30,31)27(3)22-10-5-4-6-11-22/h7-9,12-16,22H,4-6,10-11,17H2,1-3H3,(H,25,29). The fourth-order valence-electron chi connectivity index (χ4n) is 3.92. The molecule has 1 N–H and O–H groups in total. The van der Waals surface area contributed by atoms with Gasteiger partial charge in [0.05, 0.1) is 4.90 Å². The number of benzene rings is 2. The molecule has 1 fully saturated rings. The number of hydrogen-bond acceptors (Lipinski definition) is 4. The van der Waals surface area contributed by atoms with E-state index in [1.807, 2.05) is 18.2 Å². The van der Waals surface area contributed by atoms with Gasteiger partial charge in [0.1, 0.15) is 0 Å². The van der Waals surface area contributed by atoms with E-state index in [1.165, 1.54) is 35.5 Å². The van der Waals surface area contributed by atoms with Crippen molar-refractivity contribution in [1.82, 2.24) is 9.21 Å². The Morgan fingerprint density at radius 1 is 1.00 bits per heavy atom. The summed E-state index contributed by atoms with van der Waals surface area (Å²) in [5.74, 6) is -0.365. The molecule has 7 nitrogen and oxygen atoms in total. The first-order chi connectivity index (χ1) is 15.2. The third-order valence-electron chi connectivity index (χ3n) is 6.02. The first-order valence-electron chi connectivity index (χ1n) is 10.9. The van der Waals surface area contributed by atoms with Gasteiger partial charge in [0.15, 0.2) is 0 Å². The number of anilines is 1. The maximum atomic E-state index is 13.0. The molecule has 3 rings (SSSR count). The largest absolute Gasteiger partial charge is 0.342 e. The number of sulfonamides is 1. The molecule has 1 aliphatic rings. The Balaban J connectivity index is 1.68. The van der Waals surface area contributed by atoms with Crippen LogP contribution in [0.1, 0.15) is 54.9 Å². The number of rotatable bonds is 7. The molecule has 1 aliphatic carbocycles. The number of nitrogens with one attached hydrogen (secondary N) is 1. The van der Waals surface area contributed by atoms with Crippen molar-refractivity contribution in [3.05, 3.63) is 59.7 Å². The Kier molecular flexibility index (Phi) is 7.69. The van der Waals surface area contributed by atoms with Gasteiger partial charge in [0.2, 0.25) is 15.9 Å². The van der Waals surface area contributed by atoms with Crippen LogP contribution in [0.25, 0.3) is 0 Å². The Morgan fingerprint density at radius 3 is 2.28 bits per heavy atom. The maximum absolute atomic E-state index is 13.0. The zero-order valence-corrected chi connectivity index (χ0v) is 19.7. The van der Waals surface area contributed by atoms with Crippen LogP contribution >= 0.6 is 0 Å². The molecular weight excluding hydrogens is 426 g/mol. The third kappa shape index (κ3) is 5.75. The molecule has 2 aromatic rings. The molecule has 32 heavy (non-hydrogen) atoms. The van der Waals surface area contributed by atoms with Gasteiger partial charge in [-0.25, -0.2) is 8.42 Å². The topological polar surface area (TPSA) is 86.8 Å². The van der Waals surface area contributed by atoms with Crippen molar-refractivity contribution in [1.29, 1.82) is 0 Å². The molecule has 8 heteroatoms. The van der Waals surface area contributed by atoms with Gasteiger partial charge in [-0.1, -0.05) is 31.4 Å². The molecular formula is C24H31N3O4S. The van der Waals surface area contributed by atoms with Crippen molar-refractivity contribution in [2.24, 2.45) is 0 Å². The molecule has 0 bridgehead atoms. The lowest BCUT2D eigenvalue weighted by Gasteiger charge is -2.30. The Hall–Kier alpha value is -2.71. The number of carbonyl (C=O) groups excluding carboxylic acids is 2. The molecule has 0 aliphatic heterocycles. The Bertz CT molecular complexity index is 1060. The van der Waals surface area contributed by atoms with Gasteiger partial charge >= 0.3 is 0 Å². The van der Waals surface area contributed by atoms with E-state index in [4.69, 9.17) is 0 Å². The summed E-state index contributed by atoms with van der Waals surface area (Å²) in [4.78, 5) is 25.9. The van der Waals surface area contributed by atoms with Crippen LogP contribution in [0.4, 0.5) is 5.69 Å². The van der Waals surface area contributed by atoms with Crippen molar-refractivity contribution >= 4 is 27.5 Å². The van der Waals surface area contributed by atoms with Crippen LogP contribution in [-0.2, 0) is 21.4 Å². The minimum absolute atomic E-state index is 0.0334. The second-order valence-electron chi connectivity index (χ2n) is 8.37. The number of nitrogens with zero attached hydrogens (tertiary/aromatic N) is 2. The predicted molar refractivity (Wildman–Crippen MR) is 125 cm³/mol. The van der Waals surface area contributed by atoms with Crippen LogP contribution in [0.3, 0.4) is 0 Å². The van der Waals surface area contributed by atoms with Gasteiger partial charge in [-0.15, -0.1) is 0 Å².